The van der Waals surface area contributed by atoms with Crippen LogP contribution in [0.2, 0.25) is 0 Å². The van der Waals surface area contributed by atoms with E-state index in [2.05, 4.69) is 50.1 Å². The van der Waals surface area contributed by atoms with E-state index in [1.165, 1.54) is 23.5 Å². The third-order valence-electron chi connectivity index (χ3n) is 7.02. The number of hydrogen-bond acceptors (Lipinski definition) is 8. The van der Waals surface area contributed by atoms with Gasteiger partial charge in [0.15, 0.2) is 22.8 Å². The summed E-state index contributed by atoms with van der Waals surface area (Å²) in [6, 6.07) is 0. The van der Waals surface area contributed by atoms with Gasteiger partial charge >= 0.3 is 0 Å². The van der Waals surface area contributed by atoms with Crippen LogP contribution in [0.3, 0.4) is 0 Å². The molecule has 2 amide bonds. The smallest absolute Gasteiger partial charge is 0.264 e. The molecular formula is C34H48N2O6S2. The molecule has 2 saturated heterocycles. The highest BCUT2D eigenvalue weighted by atomic mass is 32.2. The molecule has 2 unspecified atom stereocenters. The third-order valence-corrected chi connectivity index (χ3v) is 8.70. The number of thioether (sulfide) groups is 2. The number of ether oxygens (including phenoxy) is 4. The fourth-order valence-corrected chi connectivity index (χ4v) is 6.39. The van der Waals surface area contributed by atoms with E-state index in [4.69, 9.17) is 18.9 Å². The Labute approximate surface area is 271 Å². The second kappa shape index (κ2) is 15.6. The van der Waals surface area contributed by atoms with Gasteiger partial charge in [-0.3, -0.25) is 9.59 Å². The van der Waals surface area contributed by atoms with Gasteiger partial charge in [0, 0.05) is 0 Å². The predicted octanol–water partition coefficient (Wildman–Crippen LogP) is 7.52. The van der Waals surface area contributed by atoms with Crippen LogP contribution in [0.15, 0.2) is 94.8 Å². The summed E-state index contributed by atoms with van der Waals surface area (Å²) in [5.74, 6) is -2.55. The van der Waals surface area contributed by atoms with E-state index in [0.717, 1.165) is 35.5 Å². The van der Waals surface area contributed by atoms with E-state index in [1.807, 2.05) is 13.8 Å². The van der Waals surface area contributed by atoms with Crippen molar-refractivity contribution in [3.05, 3.63) is 94.8 Å². The first-order valence-electron chi connectivity index (χ1n) is 14.5. The molecule has 0 aliphatic carbocycles. The zero-order valence-corrected chi connectivity index (χ0v) is 28.7. The van der Waals surface area contributed by atoms with E-state index in [1.54, 1.807) is 52.0 Å². The molecule has 10 heteroatoms. The minimum Gasteiger partial charge on any atom is -0.347 e. The number of unbranched alkanes of at least 4 members (excludes halogenated alkanes) is 1. The summed E-state index contributed by atoms with van der Waals surface area (Å²) < 4.78 is 23.6. The van der Waals surface area contributed by atoms with Crippen molar-refractivity contribution in [2.75, 3.05) is 13.2 Å². The largest absolute Gasteiger partial charge is 0.347 e. The maximum Gasteiger partial charge on any atom is 0.264 e. The van der Waals surface area contributed by atoms with Crippen LogP contribution in [-0.2, 0) is 28.5 Å². The number of amides is 2. The molecule has 2 aliphatic heterocycles. The Hall–Kier alpha value is -2.60. The number of rotatable bonds is 17. The molecular weight excluding hydrogens is 597 g/mol. The number of carbonyl (C=O) groups excluding carboxylic acids is 2. The van der Waals surface area contributed by atoms with E-state index >= 15 is 0 Å². The Bertz CT molecular complexity index is 1170. The minimum atomic E-state index is -1.30. The van der Waals surface area contributed by atoms with Gasteiger partial charge in [0.1, 0.15) is 0 Å². The first-order valence-corrected chi connectivity index (χ1v) is 16.1. The second-order valence-corrected chi connectivity index (χ2v) is 13.9. The van der Waals surface area contributed by atoms with Crippen LogP contribution in [-0.4, -0.2) is 47.8 Å². The van der Waals surface area contributed by atoms with Gasteiger partial charge in [0.25, 0.3) is 11.8 Å². The summed E-state index contributed by atoms with van der Waals surface area (Å²) in [6.07, 6.45) is 9.95. The Morgan fingerprint density at radius 1 is 0.705 bits per heavy atom. The van der Waals surface area contributed by atoms with Crippen molar-refractivity contribution < 1.29 is 28.5 Å². The Balaban J connectivity index is 1.80. The van der Waals surface area contributed by atoms with Crippen LogP contribution in [0, 0.1) is 0 Å². The van der Waals surface area contributed by atoms with Crippen LogP contribution in [0.25, 0.3) is 0 Å². The van der Waals surface area contributed by atoms with Gasteiger partial charge in [-0.15, -0.1) is 0 Å². The lowest BCUT2D eigenvalue weighted by Crippen LogP contribution is -2.50. The Morgan fingerprint density at radius 2 is 1.05 bits per heavy atom. The number of carbonyl (C=O) groups is 2. The molecule has 2 atom stereocenters. The fourth-order valence-electron chi connectivity index (χ4n) is 4.91. The lowest BCUT2D eigenvalue weighted by atomic mass is 9.93. The molecule has 2 fully saturated rings. The maximum absolute atomic E-state index is 13.3. The monoisotopic (exact) mass is 644 g/mol. The first-order chi connectivity index (χ1) is 20.5. The molecule has 0 aromatic heterocycles. The highest BCUT2D eigenvalue weighted by Gasteiger charge is 2.54. The summed E-state index contributed by atoms with van der Waals surface area (Å²) in [5, 5.41) is 6.62. The molecule has 0 aromatic rings. The molecule has 0 bridgehead atoms. The molecule has 242 valence electrons. The minimum absolute atomic E-state index is 0.0707. The Kier molecular flexibility index (Phi) is 13.3. The molecule has 0 spiro atoms. The zero-order chi connectivity index (χ0) is 33.3. The average molecular weight is 645 g/mol. The SMILES string of the molecule is C=C/C(=C\C)C1(C(=O)NC(=C)SC(=C)CCCCC(=C)SC(=C)NC(=O)C2(/C(C=C)=C/C)COC(C)(C)O2)COC(C)(C)O1. The summed E-state index contributed by atoms with van der Waals surface area (Å²) in [7, 11) is 0. The molecule has 2 heterocycles. The molecule has 0 aromatic carbocycles. The van der Waals surface area contributed by atoms with Crippen molar-refractivity contribution in [1.82, 2.24) is 10.6 Å². The molecule has 2 N–H and O–H groups in total. The summed E-state index contributed by atoms with van der Waals surface area (Å²) in [6.45, 7) is 34.8. The normalized spacial score (nSPS) is 24.3. The molecule has 0 saturated carbocycles. The zero-order valence-electron chi connectivity index (χ0n) is 27.1. The highest BCUT2D eigenvalue weighted by molar-refractivity contribution is 8.06. The number of nitrogens with one attached hydrogen (secondary N) is 2. The van der Waals surface area contributed by atoms with Gasteiger partial charge in [-0.25, -0.2) is 0 Å². The van der Waals surface area contributed by atoms with Crippen molar-refractivity contribution in [3.63, 3.8) is 0 Å². The first kappa shape index (κ1) is 37.6. The molecule has 44 heavy (non-hydrogen) atoms. The van der Waals surface area contributed by atoms with Crippen molar-refractivity contribution in [2.24, 2.45) is 0 Å². The second-order valence-electron chi connectivity index (χ2n) is 11.4. The highest BCUT2D eigenvalue weighted by Crippen LogP contribution is 2.39. The van der Waals surface area contributed by atoms with Gasteiger partial charge in [-0.2, -0.15) is 0 Å². The topological polar surface area (TPSA) is 95.1 Å². The number of hydrogen-bond donors (Lipinski definition) is 2. The summed E-state index contributed by atoms with van der Waals surface area (Å²) >= 11 is 2.64. The van der Waals surface area contributed by atoms with E-state index in [9.17, 15) is 9.59 Å². The van der Waals surface area contributed by atoms with Crippen molar-refractivity contribution >= 4 is 35.3 Å². The van der Waals surface area contributed by atoms with Gasteiger partial charge in [-0.05, 0) is 88.2 Å². The summed E-state index contributed by atoms with van der Waals surface area (Å²) in [5.41, 5.74) is -1.35. The molecule has 8 nitrogen and oxygen atoms in total. The van der Waals surface area contributed by atoms with E-state index in [-0.39, 0.29) is 25.0 Å². The predicted molar refractivity (Wildman–Crippen MR) is 182 cm³/mol. The van der Waals surface area contributed by atoms with Crippen LogP contribution < -0.4 is 10.6 Å². The van der Waals surface area contributed by atoms with Crippen LogP contribution in [0.1, 0.15) is 67.2 Å². The lowest BCUT2D eigenvalue weighted by Gasteiger charge is -2.29. The molecule has 2 rings (SSSR count). The lowest BCUT2D eigenvalue weighted by molar-refractivity contribution is -0.166. The fraction of sp³-hybridized carbons (Fsp3) is 0.471. The van der Waals surface area contributed by atoms with Crippen molar-refractivity contribution in [3.8, 4) is 0 Å². The molecule has 0 radical (unpaired) electrons. The quantitative estimate of drug-likeness (QED) is 0.124. The van der Waals surface area contributed by atoms with E-state index in [0.29, 0.717) is 21.2 Å². The van der Waals surface area contributed by atoms with Crippen LogP contribution >= 0.6 is 23.5 Å². The van der Waals surface area contributed by atoms with Crippen molar-refractivity contribution in [2.45, 2.75) is 90.0 Å². The maximum atomic E-state index is 13.3. The van der Waals surface area contributed by atoms with Crippen LogP contribution in [0.4, 0.5) is 0 Å². The Morgan fingerprint density at radius 3 is 1.30 bits per heavy atom. The van der Waals surface area contributed by atoms with Crippen molar-refractivity contribution in [1.29, 1.82) is 0 Å². The molecule has 2 aliphatic rings. The third kappa shape index (κ3) is 9.45. The van der Waals surface area contributed by atoms with Gasteiger partial charge < -0.3 is 29.6 Å². The van der Waals surface area contributed by atoms with Gasteiger partial charge in [-0.1, -0.05) is 87.3 Å². The number of allylic oxidation sites excluding steroid dienone is 4. The van der Waals surface area contributed by atoms with Gasteiger partial charge in [0.05, 0.1) is 23.3 Å². The average Bonchev–Trinajstić information content (AvgIpc) is 3.44. The van der Waals surface area contributed by atoms with Crippen LogP contribution in [0.5, 0.6) is 0 Å². The standard InChI is InChI=1S/C34H48N2O6S2/c1-13-27(14-2)33(21-39-31(9,10)41-33)29(37)35-25(7)43-23(5)19-17-18-20-24(6)44-26(8)36-30(38)34(28(15-3)16-4)22-40-32(11,12)42-34/h13-16H,1,3,5-8,17-22H2,2,4,9-12H3,(H,35,37)(H,36,38)/b27-14+,28-16+. The van der Waals surface area contributed by atoms with Gasteiger partial charge in [0.2, 0.25) is 0 Å². The van der Waals surface area contributed by atoms with E-state index < -0.39 is 22.8 Å². The summed E-state index contributed by atoms with van der Waals surface area (Å²) in [4.78, 5) is 28.3.